The molecule has 0 heterocycles. The molecule has 0 aliphatic heterocycles. The second-order valence-corrected chi connectivity index (χ2v) is 6.09. The van der Waals surface area contributed by atoms with Gasteiger partial charge in [0.15, 0.2) is 0 Å². The molecule has 0 unspecified atom stereocenters. The Morgan fingerprint density at radius 3 is 2.40 bits per heavy atom. The van der Waals surface area contributed by atoms with Crippen LogP contribution in [0.4, 0.5) is 0 Å². The van der Waals surface area contributed by atoms with Crippen molar-refractivity contribution in [2.75, 3.05) is 20.1 Å². The number of hydrogen-bond acceptors (Lipinski definition) is 4. The van der Waals surface area contributed by atoms with Crippen LogP contribution in [0, 0.1) is 11.3 Å². The second-order valence-electron chi connectivity index (χ2n) is 4.15. The number of nitrogens with zero attached hydrogens (tertiary/aromatic N) is 2. The molecule has 6 nitrogen and oxygen atoms in total. The fourth-order valence-corrected chi connectivity index (χ4v) is 3.11. The highest BCUT2D eigenvalue weighted by Gasteiger charge is 2.25. The van der Waals surface area contributed by atoms with E-state index in [0.717, 1.165) is 4.31 Å². The smallest absolute Gasteiger partial charge is 0.243 e. The third kappa shape index (κ3) is 3.79. The predicted octanol–water partition coefficient (Wildman–Crippen LogP) is 0.705. The van der Waals surface area contributed by atoms with E-state index in [0.29, 0.717) is 12.0 Å². The molecule has 0 aromatic heterocycles. The molecule has 7 heteroatoms. The zero-order valence-electron chi connectivity index (χ0n) is 11.5. The number of nitrogens with one attached hydrogen (secondary N) is 1. The van der Waals surface area contributed by atoms with Crippen LogP contribution in [0.2, 0.25) is 0 Å². The van der Waals surface area contributed by atoms with Crippen LogP contribution in [0.25, 0.3) is 0 Å². The van der Waals surface area contributed by atoms with Gasteiger partial charge in [-0.2, -0.15) is 9.57 Å². The van der Waals surface area contributed by atoms with Gasteiger partial charge in [0.2, 0.25) is 15.9 Å². The van der Waals surface area contributed by atoms with E-state index in [2.05, 4.69) is 5.32 Å². The van der Waals surface area contributed by atoms with Crippen molar-refractivity contribution in [3.63, 3.8) is 0 Å². The van der Waals surface area contributed by atoms with Crippen LogP contribution < -0.4 is 5.32 Å². The topological polar surface area (TPSA) is 90.3 Å². The van der Waals surface area contributed by atoms with E-state index >= 15 is 0 Å². The normalized spacial score (nSPS) is 11.1. The predicted molar refractivity (Wildman–Crippen MR) is 74.3 cm³/mol. The summed E-state index contributed by atoms with van der Waals surface area (Å²) in [6.45, 7) is 1.88. The first-order valence-corrected chi connectivity index (χ1v) is 7.60. The second kappa shape index (κ2) is 7.03. The Balaban J connectivity index is 3.08. The maximum atomic E-state index is 12.4. The number of nitriles is 1. The summed E-state index contributed by atoms with van der Waals surface area (Å²) in [4.78, 5) is 11.5. The zero-order valence-corrected chi connectivity index (χ0v) is 12.3. The number of carbonyl (C=O) groups is 1. The molecule has 0 radical (unpaired) electrons. The molecule has 1 aromatic rings. The van der Waals surface area contributed by atoms with Gasteiger partial charge >= 0.3 is 0 Å². The van der Waals surface area contributed by atoms with Crippen LogP contribution in [-0.4, -0.2) is 38.8 Å². The van der Waals surface area contributed by atoms with Crippen molar-refractivity contribution >= 4 is 15.9 Å². The molecule has 1 N–H and O–H groups in total. The number of rotatable bonds is 6. The summed E-state index contributed by atoms with van der Waals surface area (Å²) in [6, 6.07) is 7.56. The lowest BCUT2D eigenvalue weighted by atomic mass is 10.2. The molecule has 1 amide bonds. The first-order chi connectivity index (χ1) is 9.45. The van der Waals surface area contributed by atoms with Crippen molar-refractivity contribution in [2.45, 2.75) is 18.2 Å². The number of benzene rings is 1. The summed E-state index contributed by atoms with van der Waals surface area (Å²) >= 11 is 0. The van der Waals surface area contributed by atoms with Crippen LogP contribution in [-0.2, 0) is 14.8 Å². The number of amides is 1. The van der Waals surface area contributed by atoms with Gasteiger partial charge in [0.05, 0.1) is 23.1 Å². The lowest BCUT2D eigenvalue weighted by Gasteiger charge is -2.20. The Bertz CT molecular complexity index is 603. The van der Waals surface area contributed by atoms with E-state index in [4.69, 9.17) is 5.26 Å². The minimum Gasteiger partial charge on any atom is -0.358 e. The van der Waals surface area contributed by atoms with Gasteiger partial charge in [-0.05, 0) is 30.7 Å². The molecule has 0 aliphatic carbocycles. The minimum atomic E-state index is -3.73. The van der Waals surface area contributed by atoms with Crippen molar-refractivity contribution in [3.05, 3.63) is 29.8 Å². The summed E-state index contributed by atoms with van der Waals surface area (Å²) in [7, 11) is -2.27. The summed E-state index contributed by atoms with van der Waals surface area (Å²) < 4.78 is 26.0. The highest BCUT2D eigenvalue weighted by Crippen LogP contribution is 2.16. The van der Waals surface area contributed by atoms with Crippen molar-refractivity contribution in [1.29, 1.82) is 5.26 Å². The molecule has 0 bridgehead atoms. The minimum absolute atomic E-state index is 0.0776. The first-order valence-electron chi connectivity index (χ1n) is 6.16. The molecule has 1 rings (SSSR count). The van der Waals surface area contributed by atoms with Crippen molar-refractivity contribution in [1.82, 2.24) is 9.62 Å². The quantitative estimate of drug-likeness (QED) is 0.836. The van der Waals surface area contributed by atoms with E-state index in [-0.39, 0.29) is 23.9 Å². The van der Waals surface area contributed by atoms with Gasteiger partial charge in [0.1, 0.15) is 0 Å². The summed E-state index contributed by atoms with van der Waals surface area (Å²) in [5, 5.41) is 11.1. The molecular weight excluding hydrogens is 278 g/mol. The summed E-state index contributed by atoms with van der Waals surface area (Å²) in [5.41, 5.74) is 0.386. The highest BCUT2D eigenvalue weighted by atomic mass is 32.2. The maximum absolute atomic E-state index is 12.4. The Morgan fingerprint density at radius 1 is 1.35 bits per heavy atom. The van der Waals surface area contributed by atoms with E-state index in [1.807, 2.05) is 13.0 Å². The van der Waals surface area contributed by atoms with Crippen molar-refractivity contribution in [2.24, 2.45) is 0 Å². The molecule has 1 aromatic carbocycles. The number of likely N-dealkylation sites (N-methyl/N-ethyl adjacent to an activating group) is 1. The third-order valence-electron chi connectivity index (χ3n) is 2.69. The molecule has 20 heavy (non-hydrogen) atoms. The van der Waals surface area contributed by atoms with E-state index in [9.17, 15) is 13.2 Å². The molecular formula is C13H17N3O3S. The molecule has 108 valence electrons. The van der Waals surface area contributed by atoms with Gasteiger partial charge < -0.3 is 5.32 Å². The fourth-order valence-electron chi connectivity index (χ4n) is 1.62. The van der Waals surface area contributed by atoms with E-state index in [1.54, 1.807) is 0 Å². The van der Waals surface area contributed by atoms with Gasteiger partial charge in [0, 0.05) is 13.6 Å². The Morgan fingerprint density at radius 2 is 1.95 bits per heavy atom. The summed E-state index contributed by atoms with van der Waals surface area (Å²) in [5.74, 6) is -0.365. The molecule has 0 spiro atoms. The molecule has 0 saturated heterocycles. The van der Waals surface area contributed by atoms with Crippen LogP contribution in [0.5, 0.6) is 0 Å². The lowest BCUT2D eigenvalue weighted by molar-refractivity contribution is -0.120. The van der Waals surface area contributed by atoms with Crippen LogP contribution in [0.1, 0.15) is 18.9 Å². The standard InChI is InChI=1S/C13H17N3O3S/c1-3-8-16(10-13(17)15-2)20(18,19)12-6-4-11(9-14)5-7-12/h4-7H,3,8,10H2,1-2H3,(H,15,17). The van der Waals surface area contributed by atoms with Crippen LogP contribution in [0.15, 0.2) is 29.2 Å². The Hall–Kier alpha value is -1.91. The average Bonchev–Trinajstić information content (AvgIpc) is 2.46. The Kier molecular flexibility index (Phi) is 5.67. The van der Waals surface area contributed by atoms with Crippen molar-refractivity contribution < 1.29 is 13.2 Å². The largest absolute Gasteiger partial charge is 0.358 e. The van der Waals surface area contributed by atoms with E-state index in [1.165, 1.54) is 31.3 Å². The van der Waals surface area contributed by atoms with Crippen molar-refractivity contribution in [3.8, 4) is 6.07 Å². The number of sulfonamides is 1. The number of carbonyl (C=O) groups excluding carboxylic acids is 1. The lowest BCUT2D eigenvalue weighted by Crippen LogP contribution is -2.40. The highest BCUT2D eigenvalue weighted by molar-refractivity contribution is 7.89. The van der Waals surface area contributed by atoms with E-state index < -0.39 is 10.0 Å². The third-order valence-corrected chi connectivity index (χ3v) is 4.55. The van der Waals surface area contributed by atoms with Gasteiger partial charge in [-0.25, -0.2) is 8.42 Å². The molecule has 0 fully saturated rings. The van der Waals surface area contributed by atoms with Gasteiger partial charge in [0.25, 0.3) is 0 Å². The number of hydrogen-bond donors (Lipinski definition) is 1. The monoisotopic (exact) mass is 295 g/mol. The molecule has 0 atom stereocenters. The van der Waals surface area contributed by atoms with Gasteiger partial charge in [-0.15, -0.1) is 0 Å². The Labute approximate surface area is 119 Å². The van der Waals surface area contributed by atoms with Crippen LogP contribution in [0.3, 0.4) is 0 Å². The average molecular weight is 295 g/mol. The SMILES string of the molecule is CCCN(CC(=O)NC)S(=O)(=O)c1ccc(C#N)cc1. The first kappa shape index (κ1) is 16.1. The van der Waals surface area contributed by atoms with Gasteiger partial charge in [-0.1, -0.05) is 6.92 Å². The maximum Gasteiger partial charge on any atom is 0.243 e. The summed E-state index contributed by atoms with van der Waals surface area (Å²) in [6.07, 6.45) is 0.604. The fraction of sp³-hybridized carbons (Fsp3) is 0.385. The van der Waals surface area contributed by atoms with Gasteiger partial charge in [-0.3, -0.25) is 4.79 Å². The molecule has 0 saturated carbocycles. The zero-order chi connectivity index (χ0) is 15.2. The van der Waals surface area contributed by atoms with Crippen LogP contribution >= 0.6 is 0 Å². The molecule has 0 aliphatic rings.